The molecular formula is C18H13IN7PS. The van der Waals surface area contributed by atoms with E-state index in [1.165, 1.54) is 0 Å². The third-order valence-corrected chi connectivity index (χ3v) is 7.06. The fraction of sp³-hybridized carbons (Fsp3) is 0.0556. The molecule has 0 amide bonds. The largest absolute Gasteiger partial charge is 0.275 e. The highest BCUT2D eigenvalue weighted by molar-refractivity contribution is 14.2. The van der Waals surface area contributed by atoms with Gasteiger partial charge in [0.15, 0.2) is 0 Å². The van der Waals surface area contributed by atoms with E-state index in [1.54, 1.807) is 22.3 Å². The SMILES string of the molecule is Cn1cc(-c2ccc3c(-c4cn(PI)nc4-c4cncs4)ncnc3c2)cn1. The van der Waals surface area contributed by atoms with E-state index in [-0.39, 0.29) is 0 Å². The van der Waals surface area contributed by atoms with Crippen LogP contribution in [0.4, 0.5) is 0 Å². The van der Waals surface area contributed by atoms with Gasteiger partial charge in [-0.25, -0.2) is 14.4 Å². The molecule has 28 heavy (non-hydrogen) atoms. The summed E-state index contributed by atoms with van der Waals surface area (Å²) in [4.78, 5) is 14.3. The number of thiazole rings is 1. The van der Waals surface area contributed by atoms with Crippen molar-refractivity contribution < 1.29 is 0 Å². The predicted molar refractivity (Wildman–Crippen MR) is 122 cm³/mol. The van der Waals surface area contributed by atoms with Gasteiger partial charge in [0.2, 0.25) is 0 Å². The van der Waals surface area contributed by atoms with Gasteiger partial charge in [-0.3, -0.25) is 9.67 Å². The molecule has 138 valence electrons. The summed E-state index contributed by atoms with van der Waals surface area (Å²) in [6.45, 7) is 0. The zero-order valence-electron chi connectivity index (χ0n) is 14.6. The van der Waals surface area contributed by atoms with Crippen LogP contribution in [0.15, 0.2) is 54.8 Å². The lowest BCUT2D eigenvalue weighted by atomic mass is 10.0. The van der Waals surface area contributed by atoms with E-state index in [4.69, 9.17) is 5.10 Å². The van der Waals surface area contributed by atoms with Crippen molar-refractivity contribution >= 4 is 50.7 Å². The molecule has 0 N–H and O–H groups in total. The molecule has 0 bridgehead atoms. The molecule has 0 aliphatic carbocycles. The Morgan fingerprint density at radius 3 is 2.75 bits per heavy atom. The topological polar surface area (TPSA) is 74.3 Å². The molecule has 1 aromatic carbocycles. The Morgan fingerprint density at radius 1 is 1.07 bits per heavy atom. The zero-order chi connectivity index (χ0) is 19.1. The Balaban J connectivity index is 1.69. The average molecular weight is 517 g/mol. The van der Waals surface area contributed by atoms with Gasteiger partial charge in [-0.1, -0.05) is 6.07 Å². The fourth-order valence-corrected chi connectivity index (χ4v) is 4.80. The van der Waals surface area contributed by atoms with Gasteiger partial charge in [0.1, 0.15) is 12.0 Å². The number of aromatic nitrogens is 7. The van der Waals surface area contributed by atoms with Crippen molar-refractivity contribution in [3.05, 3.63) is 54.8 Å². The first-order valence-electron chi connectivity index (χ1n) is 8.32. The maximum absolute atomic E-state index is 4.74. The summed E-state index contributed by atoms with van der Waals surface area (Å²) in [6.07, 6.45) is 9.88. The van der Waals surface area contributed by atoms with Crippen LogP contribution < -0.4 is 0 Å². The van der Waals surface area contributed by atoms with Gasteiger partial charge < -0.3 is 0 Å². The number of rotatable bonds is 4. The summed E-state index contributed by atoms with van der Waals surface area (Å²) < 4.78 is 3.74. The minimum absolute atomic E-state index is 0.512. The summed E-state index contributed by atoms with van der Waals surface area (Å²) in [7, 11) is 1.91. The summed E-state index contributed by atoms with van der Waals surface area (Å²) >= 11 is 3.90. The first-order chi connectivity index (χ1) is 13.7. The van der Waals surface area contributed by atoms with E-state index >= 15 is 0 Å². The number of aryl methyl sites for hydroxylation is 1. The number of halogens is 1. The molecule has 5 rings (SSSR count). The first kappa shape index (κ1) is 17.8. The summed E-state index contributed by atoms with van der Waals surface area (Å²) in [5.74, 6) is 0. The molecule has 5 aromatic rings. The van der Waals surface area contributed by atoms with Crippen molar-refractivity contribution in [3.63, 3.8) is 0 Å². The van der Waals surface area contributed by atoms with Crippen LogP contribution in [-0.2, 0) is 7.05 Å². The second kappa shape index (κ2) is 7.31. The van der Waals surface area contributed by atoms with Gasteiger partial charge >= 0.3 is 0 Å². The summed E-state index contributed by atoms with van der Waals surface area (Å²) in [6, 6.07) is 6.24. The van der Waals surface area contributed by atoms with Crippen LogP contribution in [0.3, 0.4) is 0 Å². The van der Waals surface area contributed by atoms with Crippen molar-refractivity contribution in [2.24, 2.45) is 7.05 Å². The van der Waals surface area contributed by atoms with Crippen LogP contribution >= 0.6 is 39.8 Å². The second-order valence-electron chi connectivity index (χ2n) is 6.14. The normalized spacial score (nSPS) is 11.8. The average Bonchev–Trinajstić information content (AvgIpc) is 3.47. The summed E-state index contributed by atoms with van der Waals surface area (Å²) in [5, 5.41) is 10.00. The van der Waals surface area contributed by atoms with Crippen LogP contribution in [0.1, 0.15) is 0 Å². The Morgan fingerprint density at radius 2 is 2.00 bits per heavy atom. The number of fused-ring (bicyclic) bond motifs is 1. The Hall–Kier alpha value is -2.23. The molecule has 10 heteroatoms. The van der Waals surface area contributed by atoms with Gasteiger partial charge in [0, 0.05) is 42.2 Å². The van der Waals surface area contributed by atoms with Gasteiger partial charge in [-0.15, -0.1) is 11.3 Å². The van der Waals surface area contributed by atoms with E-state index < -0.39 is 0 Å². The molecule has 0 spiro atoms. The minimum Gasteiger partial charge on any atom is -0.275 e. The minimum atomic E-state index is 0.512. The molecule has 4 aromatic heterocycles. The molecule has 0 fully saturated rings. The molecule has 7 nitrogen and oxygen atoms in total. The molecule has 1 unspecified atom stereocenters. The highest BCUT2D eigenvalue weighted by Gasteiger charge is 2.18. The second-order valence-corrected chi connectivity index (χ2v) is 9.10. The molecule has 0 radical (unpaired) electrons. The van der Waals surface area contributed by atoms with E-state index in [0.29, 0.717) is 6.37 Å². The van der Waals surface area contributed by atoms with Gasteiger partial charge in [0.05, 0.1) is 34.2 Å². The van der Waals surface area contributed by atoms with Crippen LogP contribution in [0, 0.1) is 0 Å². The molecule has 0 saturated carbocycles. The quantitative estimate of drug-likeness (QED) is 0.253. The van der Waals surface area contributed by atoms with Gasteiger partial charge in [0.25, 0.3) is 0 Å². The molecular weight excluding hydrogens is 504 g/mol. The fourth-order valence-electron chi connectivity index (χ4n) is 3.13. The highest BCUT2D eigenvalue weighted by atomic mass is 127. The standard InChI is InChI=1S/C18H13IN7PS/c1-25-7-12(5-23-25)11-2-3-13-15(4-11)21-9-22-17(13)14-8-26(27-19)24-18(14)16-6-20-10-28-16/h2-10,27H,1H3. The molecule has 0 saturated heterocycles. The van der Waals surface area contributed by atoms with E-state index in [2.05, 4.69) is 66.5 Å². The monoisotopic (exact) mass is 517 g/mol. The van der Waals surface area contributed by atoms with Crippen LogP contribution in [-0.4, -0.2) is 34.3 Å². The number of benzene rings is 1. The lowest BCUT2D eigenvalue weighted by Gasteiger charge is -2.06. The predicted octanol–water partition coefficient (Wildman–Crippen LogP) is 4.81. The van der Waals surface area contributed by atoms with Gasteiger partial charge in [-0.2, -0.15) is 10.2 Å². The highest BCUT2D eigenvalue weighted by Crippen LogP contribution is 2.38. The lowest BCUT2D eigenvalue weighted by molar-refractivity contribution is 0.768. The number of hydrogen-bond donors (Lipinski definition) is 0. The third-order valence-electron chi connectivity index (χ3n) is 4.40. The Bertz CT molecular complexity index is 1280. The molecule has 0 aliphatic heterocycles. The van der Waals surface area contributed by atoms with Crippen LogP contribution in [0.25, 0.3) is 43.9 Å². The van der Waals surface area contributed by atoms with Crippen LogP contribution in [0.5, 0.6) is 0 Å². The maximum atomic E-state index is 4.74. The molecule has 0 aliphatic rings. The molecule has 1 atom stereocenters. The van der Waals surface area contributed by atoms with E-state index in [1.807, 2.05) is 35.6 Å². The van der Waals surface area contributed by atoms with Crippen molar-refractivity contribution in [2.75, 3.05) is 0 Å². The maximum Gasteiger partial charge on any atom is 0.116 e. The van der Waals surface area contributed by atoms with Gasteiger partial charge in [-0.05, 0) is 39.7 Å². The third kappa shape index (κ3) is 3.13. The van der Waals surface area contributed by atoms with Crippen molar-refractivity contribution in [3.8, 4) is 33.0 Å². The summed E-state index contributed by atoms with van der Waals surface area (Å²) in [5.41, 5.74) is 7.64. The van der Waals surface area contributed by atoms with Crippen LogP contribution in [0.2, 0.25) is 0 Å². The van der Waals surface area contributed by atoms with Crippen molar-refractivity contribution in [2.45, 2.75) is 0 Å². The molecule has 4 heterocycles. The smallest absolute Gasteiger partial charge is 0.116 e. The number of hydrogen-bond acceptors (Lipinski definition) is 6. The zero-order valence-corrected chi connectivity index (χ0v) is 18.6. The Labute approximate surface area is 179 Å². The van der Waals surface area contributed by atoms with E-state index in [9.17, 15) is 0 Å². The Kier molecular flexibility index (Phi) is 4.65. The van der Waals surface area contributed by atoms with Crippen molar-refractivity contribution in [1.29, 1.82) is 0 Å². The number of nitrogens with zero attached hydrogens (tertiary/aromatic N) is 7. The van der Waals surface area contributed by atoms with E-state index in [0.717, 1.165) is 43.9 Å². The lowest BCUT2D eigenvalue weighted by Crippen LogP contribution is -1.90. The van der Waals surface area contributed by atoms with Crippen molar-refractivity contribution in [1.82, 2.24) is 34.3 Å². The first-order valence-corrected chi connectivity index (χ1v) is 13.3.